The predicted octanol–water partition coefficient (Wildman–Crippen LogP) is 2.44. The standard InChI is InChI=1S/C21H23FN2O3/c1-13(25)17-8-7-16(22)10-18(17)14-5-4-6-15(9-14)21(27)24-11-19(23(2)3)20(26)12-24/h4-10,19-20,26H,11-12H2,1-3H3/t19-,20-/m0/s1. The number of amides is 1. The largest absolute Gasteiger partial charge is 0.390 e. The van der Waals surface area contributed by atoms with Crippen LogP contribution in [0.4, 0.5) is 4.39 Å². The second kappa shape index (κ2) is 7.58. The molecular weight excluding hydrogens is 347 g/mol. The van der Waals surface area contributed by atoms with E-state index < -0.39 is 11.9 Å². The lowest BCUT2D eigenvalue weighted by Crippen LogP contribution is -2.38. The van der Waals surface area contributed by atoms with Crippen LogP contribution in [0.5, 0.6) is 0 Å². The lowest BCUT2D eigenvalue weighted by molar-refractivity contribution is 0.0764. The number of aliphatic hydroxyl groups excluding tert-OH is 1. The van der Waals surface area contributed by atoms with Gasteiger partial charge in [0.15, 0.2) is 5.78 Å². The molecule has 1 amide bonds. The van der Waals surface area contributed by atoms with Gasteiger partial charge in [0.05, 0.1) is 12.1 Å². The zero-order chi connectivity index (χ0) is 19.7. The lowest BCUT2D eigenvalue weighted by atomic mass is 9.96. The molecule has 1 fully saturated rings. The Kier molecular flexibility index (Phi) is 5.39. The average Bonchev–Trinajstić information content (AvgIpc) is 3.03. The van der Waals surface area contributed by atoms with E-state index in [0.717, 1.165) is 0 Å². The van der Waals surface area contributed by atoms with Crippen molar-refractivity contribution in [2.24, 2.45) is 0 Å². The number of hydrogen-bond donors (Lipinski definition) is 1. The normalized spacial score (nSPS) is 19.6. The van der Waals surface area contributed by atoms with Crippen molar-refractivity contribution in [2.75, 3.05) is 27.2 Å². The third-order valence-electron chi connectivity index (χ3n) is 4.99. The quantitative estimate of drug-likeness (QED) is 0.840. The molecule has 1 saturated heterocycles. The summed E-state index contributed by atoms with van der Waals surface area (Å²) in [4.78, 5) is 28.3. The highest BCUT2D eigenvalue weighted by atomic mass is 19.1. The molecule has 5 nitrogen and oxygen atoms in total. The number of ketones is 1. The van der Waals surface area contributed by atoms with Crippen LogP contribution in [0.3, 0.4) is 0 Å². The number of halogens is 1. The van der Waals surface area contributed by atoms with Gasteiger partial charge in [0, 0.05) is 24.2 Å². The molecule has 142 valence electrons. The fraction of sp³-hybridized carbons (Fsp3) is 0.333. The van der Waals surface area contributed by atoms with E-state index in [1.54, 1.807) is 29.2 Å². The third kappa shape index (κ3) is 3.91. The van der Waals surface area contributed by atoms with Gasteiger partial charge in [-0.2, -0.15) is 0 Å². The summed E-state index contributed by atoms with van der Waals surface area (Å²) in [6, 6.07) is 10.7. The smallest absolute Gasteiger partial charge is 0.254 e. The van der Waals surface area contributed by atoms with Gasteiger partial charge in [0.25, 0.3) is 5.91 Å². The molecule has 27 heavy (non-hydrogen) atoms. The van der Waals surface area contributed by atoms with Gasteiger partial charge in [-0.3, -0.25) is 9.59 Å². The van der Waals surface area contributed by atoms with Gasteiger partial charge >= 0.3 is 0 Å². The van der Waals surface area contributed by atoms with Gasteiger partial charge in [-0.1, -0.05) is 12.1 Å². The maximum atomic E-state index is 13.7. The van der Waals surface area contributed by atoms with Crippen molar-refractivity contribution in [3.8, 4) is 11.1 Å². The van der Waals surface area contributed by atoms with E-state index in [1.165, 1.54) is 25.1 Å². The molecule has 3 rings (SSSR count). The number of rotatable bonds is 4. The van der Waals surface area contributed by atoms with E-state index >= 15 is 0 Å². The summed E-state index contributed by atoms with van der Waals surface area (Å²) in [5.74, 6) is -0.803. The van der Waals surface area contributed by atoms with Crippen LogP contribution in [0.2, 0.25) is 0 Å². The van der Waals surface area contributed by atoms with Crippen LogP contribution in [-0.2, 0) is 0 Å². The van der Waals surface area contributed by atoms with Crippen molar-refractivity contribution in [2.45, 2.75) is 19.1 Å². The van der Waals surface area contributed by atoms with Crippen molar-refractivity contribution >= 4 is 11.7 Å². The summed E-state index contributed by atoms with van der Waals surface area (Å²) in [5, 5.41) is 10.2. The lowest BCUT2D eigenvalue weighted by Gasteiger charge is -2.21. The third-order valence-corrected chi connectivity index (χ3v) is 4.99. The number of benzene rings is 2. The predicted molar refractivity (Wildman–Crippen MR) is 101 cm³/mol. The molecule has 1 heterocycles. The zero-order valence-electron chi connectivity index (χ0n) is 15.6. The highest BCUT2D eigenvalue weighted by Crippen LogP contribution is 2.27. The first-order chi connectivity index (χ1) is 12.8. The van der Waals surface area contributed by atoms with Gasteiger partial charge in [0.2, 0.25) is 0 Å². The molecule has 2 atom stereocenters. The van der Waals surface area contributed by atoms with E-state index in [1.807, 2.05) is 19.0 Å². The second-order valence-electron chi connectivity index (χ2n) is 7.14. The van der Waals surface area contributed by atoms with Crippen molar-refractivity contribution in [3.05, 3.63) is 59.4 Å². The summed E-state index contributed by atoms with van der Waals surface area (Å²) < 4.78 is 13.7. The van der Waals surface area contributed by atoms with E-state index in [4.69, 9.17) is 0 Å². The fourth-order valence-electron chi connectivity index (χ4n) is 3.51. The van der Waals surface area contributed by atoms with E-state index in [2.05, 4.69) is 0 Å². The highest BCUT2D eigenvalue weighted by molar-refractivity contribution is 6.02. The summed E-state index contributed by atoms with van der Waals surface area (Å²) in [6.45, 7) is 2.14. The highest BCUT2D eigenvalue weighted by Gasteiger charge is 2.35. The van der Waals surface area contributed by atoms with Crippen LogP contribution in [0.1, 0.15) is 27.6 Å². The number of β-amino-alcohol motifs (C(OH)–C–C–N with tert-alkyl or cyclic N) is 1. The minimum Gasteiger partial charge on any atom is -0.390 e. The van der Waals surface area contributed by atoms with Gasteiger partial charge in [-0.15, -0.1) is 0 Å². The van der Waals surface area contributed by atoms with E-state index in [0.29, 0.717) is 28.8 Å². The molecule has 0 saturated carbocycles. The van der Waals surface area contributed by atoms with Crippen molar-refractivity contribution in [3.63, 3.8) is 0 Å². The number of carbonyl (C=O) groups excluding carboxylic acids is 2. The molecule has 1 N–H and O–H groups in total. The average molecular weight is 370 g/mol. The maximum absolute atomic E-state index is 13.7. The Hall–Kier alpha value is -2.57. The Morgan fingerprint density at radius 3 is 2.52 bits per heavy atom. The summed E-state index contributed by atoms with van der Waals surface area (Å²) in [7, 11) is 3.74. The summed E-state index contributed by atoms with van der Waals surface area (Å²) in [5.41, 5.74) is 1.92. The van der Waals surface area contributed by atoms with Gasteiger partial charge in [0.1, 0.15) is 5.82 Å². The Bertz CT molecular complexity index is 881. The number of hydrogen-bond acceptors (Lipinski definition) is 4. The number of likely N-dealkylation sites (tertiary alicyclic amines) is 1. The number of likely N-dealkylation sites (N-methyl/N-ethyl adjacent to an activating group) is 1. The summed E-state index contributed by atoms with van der Waals surface area (Å²) >= 11 is 0. The number of aliphatic hydroxyl groups is 1. The minimum absolute atomic E-state index is 0.107. The first-order valence-electron chi connectivity index (χ1n) is 8.82. The molecule has 0 radical (unpaired) electrons. The van der Waals surface area contributed by atoms with E-state index in [9.17, 15) is 19.1 Å². The molecule has 0 unspecified atom stereocenters. The minimum atomic E-state index is -0.598. The van der Waals surface area contributed by atoms with Crippen LogP contribution < -0.4 is 0 Å². The van der Waals surface area contributed by atoms with E-state index in [-0.39, 0.29) is 24.3 Å². The van der Waals surface area contributed by atoms with Crippen molar-refractivity contribution in [1.82, 2.24) is 9.80 Å². The summed E-state index contributed by atoms with van der Waals surface area (Å²) in [6.07, 6.45) is -0.598. The molecule has 2 aromatic rings. The van der Waals surface area contributed by atoms with Crippen molar-refractivity contribution in [1.29, 1.82) is 0 Å². The van der Waals surface area contributed by atoms with Crippen LogP contribution >= 0.6 is 0 Å². The number of nitrogens with zero attached hydrogens (tertiary/aromatic N) is 2. The molecule has 1 aliphatic rings. The van der Waals surface area contributed by atoms with Crippen molar-refractivity contribution < 1.29 is 19.1 Å². The van der Waals surface area contributed by atoms with Crippen LogP contribution in [0.15, 0.2) is 42.5 Å². The SMILES string of the molecule is CC(=O)c1ccc(F)cc1-c1cccc(C(=O)N2C[C@H](O)[C@@H](N(C)C)C2)c1. The Labute approximate surface area is 158 Å². The molecule has 6 heteroatoms. The number of carbonyl (C=O) groups is 2. The Morgan fingerprint density at radius 2 is 1.89 bits per heavy atom. The molecule has 0 spiro atoms. The maximum Gasteiger partial charge on any atom is 0.254 e. The molecule has 2 aromatic carbocycles. The monoisotopic (exact) mass is 370 g/mol. The zero-order valence-corrected chi connectivity index (χ0v) is 15.6. The van der Waals surface area contributed by atoms with Gasteiger partial charge < -0.3 is 14.9 Å². The van der Waals surface area contributed by atoms with Gasteiger partial charge in [-0.25, -0.2) is 4.39 Å². The van der Waals surface area contributed by atoms with Crippen LogP contribution in [0.25, 0.3) is 11.1 Å². The van der Waals surface area contributed by atoms with Crippen LogP contribution in [0, 0.1) is 5.82 Å². The Morgan fingerprint density at radius 1 is 1.15 bits per heavy atom. The topological polar surface area (TPSA) is 60.9 Å². The first-order valence-corrected chi connectivity index (χ1v) is 8.82. The molecule has 0 bridgehead atoms. The molecule has 0 aliphatic carbocycles. The molecule has 0 aromatic heterocycles. The van der Waals surface area contributed by atoms with Gasteiger partial charge in [-0.05, 0) is 62.5 Å². The van der Waals surface area contributed by atoms with Crippen LogP contribution in [-0.4, -0.2) is 65.9 Å². The molecular formula is C21H23FN2O3. The first kappa shape index (κ1) is 19.2. The fourth-order valence-corrected chi connectivity index (χ4v) is 3.51. The number of Topliss-reactive ketones (excluding diaryl/α,β-unsaturated/α-hetero) is 1. The second-order valence-corrected chi connectivity index (χ2v) is 7.14. The Balaban J connectivity index is 1.92. The molecule has 1 aliphatic heterocycles.